The van der Waals surface area contributed by atoms with Crippen molar-refractivity contribution >= 4 is 90.5 Å². The molecule has 6 amide bonds. The molecule has 4 heterocycles. The van der Waals surface area contributed by atoms with E-state index in [4.69, 9.17) is 37.9 Å². The number of carbonyl (C=O) groups excluding carboxylic acids is 8. The maximum absolute atomic E-state index is 16.4. The van der Waals surface area contributed by atoms with Crippen LogP contribution in [-0.4, -0.2) is 156 Å². The van der Waals surface area contributed by atoms with Gasteiger partial charge >= 0.3 is 24.3 Å². The second kappa shape index (κ2) is 30.5. The number of rotatable bonds is 26. The van der Waals surface area contributed by atoms with Gasteiger partial charge in [-0.2, -0.15) is 26.3 Å². The summed E-state index contributed by atoms with van der Waals surface area (Å²) < 4.78 is 143. The number of hydrogen-bond acceptors (Lipinski definition) is 16. The number of ether oxygens (including phenoxy) is 8. The lowest BCUT2D eigenvalue weighted by molar-refractivity contribution is -0.159. The molecule has 4 unspecified atom stereocenters. The smallest absolute Gasteiger partial charge is 0.391 e. The summed E-state index contributed by atoms with van der Waals surface area (Å²) in [5, 5.41) is -0.820. The molecule has 2 fully saturated rings. The Bertz CT molecular complexity index is 4720. The van der Waals surface area contributed by atoms with Crippen LogP contribution in [0, 0.1) is 0 Å². The van der Waals surface area contributed by atoms with E-state index in [2.05, 4.69) is 0 Å². The number of carbonyl (C=O) groups is 8. The van der Waals surface area contributed by atoms with Gasteiger partial charge in [-0.05, 0) is 131 Å². The molecule has 0 bridgehead atoms. The number of alkyl halides is 6. The number of epoxide rings is 2. The first-order valence-electron chi connectivity index (χ1n) is 38.0. The van der Waals surface area contributed by atoms with E-state index in [0.29, 0.717) is 13.2 Å². The van der Waals surface area contributed by atoms with Crippen LogP contribution in [-0.2, 0) is 59.8 Å². The maximum atomic E-state index is 16.4. The van der Waals surface area contributed by atoms with Crippen LogP contribution >= 0.6 is 0 Å². The quantitative estimate of drug-likeness (QED) is 0.0122. The number of nitrogens with zero attached hydrogens (tertiary/aromatic N) is 4. The first-order valence-corrected chi connectivity index (χ1v) is 38.0. The number of benzene rings is 9. The molecule has 4 atom stereocenters. The van der Waals surface area contributed by atoms with Crippen molar-refractivity contribution in [2.24, 2.45) is 0 Å². The normalized spacial score (nSPS) is 16.4. The summed E-state index contributed by atoms with van der Waals surface area (Å²) in [6.45, 7) is 25.7. The lowest BCUT2D eigenvalue weighted by Crippen LogP contribution is -2.56. The number of likely N-dealkylation sites (N-methyl/N-ethyl adjacent to an activating group) is 2. The summed E-state index contributed by atoms with van der Waals surface area (Å²) in [4.78, 5) is 124. The highest BCUT2D eigenvalue weighted by Crippen LogP contribution is 2.59. The zero-order chi connectivity index (χ0) is 82.4. The topological polar surface area (TPSA) is 230 Å². The van der Waals surface area contributed by atoms with Crippen LogP contribution in [0.3, 0.4) is 0 Å². The van der Waals surface area contributed by atoms with Gasteiger partial charge in [-0.3, -0.25) is 48.2 Å². The second-order valence-corrected chi connectivity index (χ2v) is 33.4. The van der Waals surface area contributed by atoms with Gasteiger partial charge in [0.2, 0.25) is 11.8 Å². The number of esters is 2. The van der Waals surface area contributed by atoms with Crippen molar-refractivity contribution in [3.8, 4) is 46.0 Å². The summed E-state index contributed by atoms with van der Waals surface area (Å²) in [5.41, 5.74) is -0.195. The monoisotopic (exact) mass is 1570 g/mol. The minimum Gasteiger partial charge on any atom is -0.463 e. The molecule has 114 heavy (non-hydrogen) atoms. The van der Waals surface area contributed by atoms with Gasteiger partial charge in [0.15, 0.2) is 0 Å². The molecule has 0 saturated carbocycles. The third kappa shape index (κ3) is 16.9. The van der Waals surface area contributed by atoms with Crippen LogP contribution in [0.2, 0.25) is 0 Å². The molecule has 0 spiro atoms. The Morgan fingerprint density at radius 1 is 0.395 bits per heavy atom. The number of imide groups is 2. The van der Waals surface area contributed by atoms with Crippen molar-refractivity contribution in [1.29, 1.82) is 0 Å². The van der Waals surface area contributed by atoms with Crippen LogP contribution in [0.4, 0.5) is 26.3 Å². The van der Waals surface area contributed by atoms with Gasteiger partial charge in [-0.25, -0.2) is 0 Å². The van der Waals surface area contributed by atoms with E-state index in [-0.39, 0.29) is 137 Å². The molecule has 4 aliphatic heterocycles. The Kier molecular flexibility index (Phi) is 21.7. The van der Waals surface area contributed by atoms with Gasteiger partial charge in [0.05, 0.1) is 61.2 Å². The van der Waals surface area contributed by atoms with Gasteiger partial charge < -0.3 is 47.7 Å². The fourth-order valence-corrected chi connectivity index (χ4v) is 14.6. The molecular formula is C88H90F6N4O16. The summed E-state index contributed by atoms with van der Waals surface area (Å²) in [6.07, 6.45) is -16.2. The van der Waals surface area contributed by atoms with Gasteiger partial charge in [-0.15, -0.1) is 0 Å². The lowest BCUT2D eigenvalue weighted by Gasteiger charge is -2.37. The van der Waals surface area contributed by atoms with E-state index < -0.39 is 155 Å². The minimum absolute atomic E-state index is 0.0556. The summed E-state index contributed by atoms with van der Waals surface area (Å²) >= 11 is 0. The number of hydrogen-bond donors (Lipinski definition) is 0. The van der Waals surface area contributed by atoms with Crippen molar-refractivity contribution in [3.63, 3.8) is 0 Å². The predicted molar refractivity (Wildman–Crippen MR) is 414 cm³/mol. The molecule has 600 valence electrons. The summed E-state index contributed by atoms with van der Waals surface area (Å²) in [5.74, 6) is -10.5. The van der Waals surface area contributed by atoms with E-state index in [0.717, 1.165) is 32.1 Å². The van der Waals surface area contributed by atoms with E-state index in [1.54, 1.807) is 97.1 Å². The van der Waals surface area contributed by atoms with Gasteiger partial charge in [0.1, 0.15) is 83.5 Å². The second-order valence-electron chi connectivity index (χ2n) is 33.4. The molecule has 0 aliphatic carbocycles. The molecule has 20 nitrogen and oxygen atoms in total. The largest absolute Gasteiger partial charge is 0.463 e. The van der Waals surface area contributed by atoms with E-state index in [9.17, 15) is 9.59 Å². The predicted octanol–water partition coefficient (Wildman–Crippen LogP) is 18.3. The number of halogens is 6. The highest BCUT2D eigenvalue weighted by atomic mass is 19.4. The van der Waals surface area contributed by atoms with Gasteiger partial charge in [0.25, 0.3) is 23.6 Å². The highest BCUT2D eigenvalue weighted by Gasteiger charge is 2.51. The molecule has 0 N–H and O–H groups in total. The molecule has 2 saturated heterocycles. The molecule has 13 rings (SSSR count). The van der Waals surface area contributed by atoms with Crippen LogP contribution in [0.15, 0.2) is 121 Å². The maximum Gasteiger partial charge on any atom is 0.391 e. The average molecular weight is 1570 g/mol. The Labute approximate surface area is 655 Å². The van der Waals surface area contributed by atoms with Gasteiger partial charge in [-0.1, -0.05) is 132 Å². The van der Waals surface area contributed by atoms with Crippen molar-refractivity contribution in [2.45, 2.75) is 181 Å². The summed E-state index contributed by atoms with van der Waals surface area (Å²) in [7, 11) is 0. The zero-order valence-corrected chi connectivity index (χ0v) is 65.9. The summed E-state index contributed by atoms with van der Waals surface area (Å²) in [6, 6.07) is 27.0. The molecular weight excluding hydrogens is 1480 g/mol. The van der Waals surface area contributed by atoms with Crippen LogP contribution in [0.25, 0.3) is 43.1 Å². The van der Waals surface area contributed by atoms with Crippen LogP contribution in [0.1, 0.15) is 186 Å². The van der Waals surface area contributed by atoms with Crippen molar-refractivity contribution in [3.05, 3.63) is 166 Å². The third-order valence-corrected chi connectivity index (χ3v) is 21.0. The third-order valence-electron chi connectivity index (χ3n) is 21.0. The standard InChI is InChI=1S/C88H90F6N4O16/c1-15-95(35-33-67(99)109-45-55-43-107-55)81(105)61(41-87(89,90)91)97-77(101)57-37-63(111-51-25-17-47(18-26-51)83(3,4)5)71-73-65(113-53-29-21-49(22-30-53)85(9,10)11)39-59-70-60(80(104)98(79(59)103)62(42-88(92,93)94)82(106)96(16-2)36-34-68(100)110-46-56-44-108-56)40-66(114-54-31-23-50(24-32-54)86(12,13)14)74(76(70)73)72-64(38-58(78(97)102)69(57)75(71)72)112-52-27-19-48(20-28-52)84(6,7)8/h17-32,37-40,55-56,61-62H,15-16,33-36,41-46H2,1-14H3. The Morgan fingerprint density at radius 2 is 0.632 bits per heavy atom. The SMILES string of the molecule is CCN(CCC(=O)OCC1CO1)C(=O)C(CC(F)(F)F)N1C(=O)c2cc(Oc3ccc(C(C)(C)C)cc3)c3c4c(Oc5ccc(C(C)(C)C)cc5)cc5c6c(cc(Oc7ccc(C(C)(C)C)cc7)c(c7c(Oc8ccc(C(C)(C)C)cc8)cc(c2c37)C1=O)c64)C(=O)N(C(CC(F)(F)F)C(=O)N(CC)CCC(=O)OCC1CO1)C5=O. The number of fused-ring (bicyclic) bond motifs is 2. The Hall–Kier alpha value is -10.9. The minimum atomic E-state index is -5.24. The average Bonchev–Trinajstić information content (AvgIpc) is 1.27. The van der Waals surface area contributed by atoms with E-state index >= 15 is 55.1 Å². The first-order chi connectivity index (χ1) is 53.5. The van der Waals surface area contributed by atoms with E-state index in [1.165, 1.54) is 38.1 Å². The van der Waals surface area contributed by atoms with Crippen molar-refractivity contribution < 1.29 is 103 Å². The Balaban J connectivity index is 1.16. The fraction of sp³-hybridized carbons (Fsp3) is 0.409. The molecule has 26 heteroatoms. The van der Waals surface area contributed by atoms with Crippen LogP contribution in [0.5, 0.6) is 46.0 Å². The van der Waals surface area contributed by atoms with Gasteiger partial charge in [0, 0.05) is 69.3 Å². The van der Waals surface area contributed by atoms with Crippen molar-refractivity contribution in [1.82, 2.24) is 19.6 Å². The zero-order valence-electron chi connectivity index (χ0n) is 65.9. The molecule has 4 aliphatic rings. The first kappa shape index (κ1) is 81.2. The highest BCUT2D eigenvalue weighted by molar-refractivity contribution is 6.45. The lowest BCUT2D eigenvalue weighted by atomic mass is 9.80. The molecule has 9 aromatic rings. The van der Waals surface area contributed by atoms with E-state index in [1.807, 2.05) is 83.1 Å². The molecule has 0 aromatic heterocycles. The fourth-order valence-electron chi connectivity index (χ4n) is 14.6. The molecule has 0 radical (unpaired) electrons. The van der Waals surface area contributed by atoms with Crippen LogP contribution < -0.4 is 18.9 Å². The number of amides is 6. The Morgan fingerprint density at radius 3 is 0.833 bits per heavy atom. The molecule has 9 aromatic carbocycles. The van der Waals surface area contributed by atoms with Crippen molar-refractivity contribution in [2.75, 3.05) is 52.6 Å².